The van der Waals surface area contributed by atoms with E-state index in [2.05, 4.69) is 20.4 Å². The molecule has 7 nitrogen and oxygen atoms in total. The molecule has 1 saturated heterocycles. The van der Waals surface area contributed by atoms with Crippen LogP contribution in [-0.2, 0) is 16.1 Å². The van der Waals surface area contributed by atoms with Crippen LogP contribution >= 0.6 is 0 Å². The Morgan fingerprint density at radius 2 is 1.79 bits per heavy atom. The van der Waals surface area contributed by atoms with E-state index >= 15 is 0 Å². The van der Waals surface area contributed by atoms with E-state index in [9.17, 15) is 14.0 Å². The number of nitrogens with zero attached hydrogens (tertiary/aromatic N) is 2. The lowest BCUT2D eigenvalue weighted by molar-refractivity contribution is -0.139. The van der Waals surface area contributed by atoms with E-state index in [1.54, 1.807) is 13.8 Å². The first kappa shape index (κ1) is 21.3. The Morgan fingerprint density at radius 1 is 1.14 bits per heavy atom. The van der Waals surface area contributed by atoms with Crippen LogP contribution in [0, 0.1) is 5.82 Å². The number of hydrogen-bond acceptors (Lipinski definition) is 5. The van der Waals surface area contributed by atoms with E-state index in [4.69, 9.17) is 4.74 Å². The van der Waals surface area contributed by atoms with E-state index in [0.717, 1.165) is 44.7 Å². The molecule has 0 aromatic heterocycles. The van der Waals surface area contributed by atoms with Gasteiger partial charge in [0.2, 0.25) is 0 Å². The first-order chi connectivity index (χ1) is 14.0. The summed E-state index contributed by atoms with van der Waals surface area (Å²) < 4.78 is 18.3. The third kappa shape index (κ3) is 5.77. The highest BCUT2D eigenvalue weighted by Crippen LogP contribution is 2.17. The molecule has 2 aliphatic heterocycles. The summed E-state index contributed by atoms with van der Waals surface area (Å²) in [4.78, 5) is 28.9. The van der Waals surface area contributed by atoms with Crippen molar-refractivity contribution in [2.45, 2.75) is 32.9 Å². The van der Waals surface area contributed by atoms with Gasteiger partial charge in [-0.25, -0.2) is 14.0 Å². The van der Waals surface area contributed by atoms with Crippen LogP contribution in [0.4, 0.5) is 9.18 Å². The number of hydrogen-bond donors (Lipinski definition) is 2. The standard InChI is InChI=1S/C21H29FN4O3/c1-3-29-20(27)19-15(2)23-21(28)24-18(19)14-26-10-4-9-25(11-12-26)13-16-5-7-17(22)8-6-16/h5-8,15H,3-4,9-14H2,1-2H3,(H2,23,24,28). The first-order valence-corrected chi connectivity index (χ1v) is 10.1. The van der Waals surface area contributed by atoms with Crippen LogP contribution in [0.5, 0.6) is 0 Å². The van der Waals surface area contributed by atoms with E-state index in [1.165, 1.54) is 12.1 Å². The fourth-order valence-corrected chi connectivity index (χ4v) is 3.82. The molecule has 8 heteroatoms. The van der Waals surface area contributed by atoms with E-state index < -0.39 is 5.97 Å². The zero-order valence-corrected chi connectivity index (χ0v) is 17.0. The summed E-state index contributed by atoms with van der Waals surface area (Å²) in [5.74, 6) is -0.616. The van der Waals surface area contributed by atoms with E-state index in [0.29, 0.717) is 24.4 Å². The summed E-state index contributed by atoms with van der Waals surface area (Å²) in [5, 5.41) is 5.52. The number of carbonyl (C=O) groups excluding carboxylic acids is 2. The predicted octanol–water partition coefficient (Wildman–Crippen LogP) is 1.85. The van der Waals surface area contributed by atoms with Crippen LogP contribution in [0.3, 0.4) is 0 Å². The van der Waals surface area contributed by atoms with Gasteiger partial charge >= 0.3 is 12.0 Å². The molecule has 0 radical (unpaired) electrons. The smallest absolute Gasteiger partial charge is 0.337 e. The molecule has 1 aromatic carbocycles. The van der Waals surface area contributed by atoms with E-state index in [1.807, 2.05) is 12.1 Å². The average Bonchev–Trinajstić information content (AvgIpc) is 2.88. The fourth-order valence-electron chi connectivity index (χ4n) is 3.82. The van der Waals surface area contributed by atoms with Crippen molar-refractivity contribution in [3.63, 3.8) is 0 Å². The summed E-state index contributed by atoms with van der Waals surface area (Å²) in [6.07, 6.45) is 0.977. The van der Waals surface area contributed by atoms with Crippen LogP contribution in [0.2, 0.25) is 0 Å². The maximum Gasteiger partial charge on any atom is 0.337 e. The monoisotopic (exact) mass is 404 g/mol. The van der Waals surface area contributed by atoms with Crippen molar-refractivity contribution in [1.29, 1.82) is 0 Å². The van der Waals surface area contributed by atoms with Gasteiger partial charge in [-0.05, 0) is 51.1 Å². The quantitative estimate of drug-likeness (QED) is 0.708. The lowest BCUT2D eigenvalue weighted by Crippen LogP contribution is -2.51. The van der Waals surface area contributed by atoms with Crippen molar-refractivity contribution in [1.82, 2.24) is 20.4 Å². The second-order valence-electron chi connectivity index (χ2n) is 7.47. The highest BCUT2D eigenvalue weighted by molar-refractivity contribution is 5.94. The molecule has 1 fully saturated rings. The Morgan fingerprint density at radius 3 is 2.45 bits per heavy atom. The molecular weight excluding hydrogens is 375 g/mol. The number of rotatable bonds is 6. The van der Waals surface area contributed by atoms with Gasteiger partial charge in [-0.1, -0.05) is 12.1 Å². The number of esters is 1. The van der Waals surface area contributed by atoms with Crippen LogP contribution in [-0.4, -0.2) is 67.2 Å². The first-order valence-electron chi connectivity index (χ1n) is 10.1. The summed E-state index contributed by atoms with van der Waals surface area (Å²) in [6, 6.07) is 5.93. The molecule has 3 rings (SSSR count). The molecule has 158 valence electrons. The predicted molar refractivity (Wildman–Crippen MR) is 108 cm³/mol. The molecule has 1 unspecified atom stereocenters. The Bertz CT molecular complexity index is 766. The highest BCUT2D eigenvalue weighted by Gasteiger charge is 2.30. The van der Waals surface area contributed by atoms with Crippen LogP contribution in [0.15, 0.2) is 35.5 Å². The Labute approximate surface area is 170 Å². The molecule has 0 saturated carbocycles. The van der Waals surface area contributed by atoms with Crippen molar-refractivity contribution >= 4 is 12.0 Å². The maximum absolute atomic E-state index is 13.1. The summed E-state index contributed by atoms with van der Waals surface area (Å²) in [5.41, 5.74) is 2.19. The minimum Gasteiger partial charge on any atom is -0.463 e. The maximum atomic E-state index is 13.1. The Hall–Kier alpha value is -2.45. The number of urea groups is 1. The Kier molecular flexibility index (Phi) is 7.22. The SMILES string of the molecule is CCOC(=O)C1=C(CN2CCCN(Cc3ccc(F)cc3)CC2)NC(=O)NC1C. The summed E-state index contributed by atoms with van der Waals surface area (Å²) in [7, 11) is 0. The second kappa shape index (κ2) is 9.84. The third-order valence-corrected chi connectivity index (χ3v) is 5.25. The van der Waals surface area contributed by atoms with Crippen molar-refractivity contribution in [3.05, 3.63) is 46.9 Å². The molecule has 0 aliphatic carbocycles. The summed E-state index contributed by atoms with van der Waals surface area (Å²) in [6.45, 7) is 8.62. The third-order valence-electron chi connectivity index (χ3n) is 5.25. The lowest BCUT2D eigenvalue weighted by atomic mass is 10.0. The van der Waals surface area contributed by atoms with Gasteiger partial charge in [0, 0.05) is 31.9 Å². The van der Waals surface area contributed by atoms with Crippen LogP contribution < -0.4 is 10.6 Å². The molecule has 2 aliphatic rings. The number of nitrogens with one attached hydrogen (secondary N) is 2. The summed E-state index contributed by atoms with van der Waals surface area (Å²) >= 11 is 0. The van der Waals surface area contributed by atoms with Crippen LogP contribution in [0.25, 0.3) is 0 Å². The number of carbonyl (C=O) groups is 2. The zero-order valence-electron chi connectivity index (χ0n) is 17.0. The normalized spacial score (nSPS) is 21.3. The number of amides is 2. The molecule has 2 amide bonds. The van der Waals surface area contributed by atoms with Crippen molar-refractivity contribution in [2.24, 2.45) is 0 Å². The molecule has 1 atom stereocenters. The minimum absolute atomic E-state index is 0.222. The van der Waals surface area contributed by atoms with Gasteiger partial charge in [0.15, 0.2) is 0 Å². The molecule has 29 heavy (non-hydrogen) atoms. The van der Waals surface area contributed by atoms with Crippen molar-refractivity contribution in [2.75, 3.05) is 39.3 Å². The van der Waals surface area contributed by atoms with Crippen molar-refractivity contribution in [3.8, 4) is 0 Å². The minimum atomic E-state index is -0.393. The number of ether oxygens (including phenoxy) is 1. The van der Waals surface area contributed by atoms with Crippen molar-refractivity contribution < 1.29 is 18.7 Å². The molecule has 2 heterocycles. The second-order valence-corrected chi connectivity index (χ2v) is 7.47. The van der Waals surface area contributed by atoms with Gasteiger partial charge in [0.05, 0.1) is 18.2 Å². The largest absolute Gasteiger partial charge is 0.463 e. The molecular formula is C21H29FN4O3. The van der Waals surface area contributed by atoms with Gasteiger partial charge in [-0.3, -0.25) is 9.80 Å². The molecule has 0 bridgehead atoms. The van der Waals surface area contributed by atoms with Gasteiger partial charge in [-0.2, -0.15) is 0 Å². The number of benzene rings is 1. The van der Waals surface area contributed by atoms with Gasteiger partial charge in [-0.15, -0.1) is 0 Å². The zero-order chi connectivity index (χ0) is 20.8. The molecule has 1 aromatic rings. The number of halogens is 1. The van der Waals surface area contributed by atoms with Gasteiger partial charge in [0.1, 0.15) is 5.82 Å². The van der Waals surface area contributed by atoms with Crippen LogP contribution in [0.1, 0.15) is 25.8 Å². The van der Waals surface area contributed by atoms with E-state index in [-0.39, 0.29) is 17.9 Å². The van der Waals surface area contributed by atoms with Gasteiger partial charge in [0.25, 0.3) is 0 Å². The fraction of sp³-hybridized carbons (Fsp3) is 0.524. The molecule has 2 N–H and O–H groups in total. The Balaban J connectivity index is 1.64. The average molecular weight is 404 g/mol. The molecule has 0 spiro atoms. The lowest BCUT2D eigenvalue weighted by Gasteiger charge is -2.30. The van der Waals surface area contributed by atoms with Gasteiger partial charge < -0.3 is 15.4 Å². The topological polar surface area (TPSA) is 73.9 Å². The highest BCUT2D eigenvalue weighted by atomic mass is 19.1.